The molecule has 310 valence electrons. The van der Waals surface area contributed by atoms with Crippen molar-refractivity contribution in [1.82, 2.24) is 31.1 Å². The highest BCUT2D eigenvalue weighted by Gasteiger charge is 2.44. The summed E-state index contributed by atoms with van der Waals surface area (Å²) in [7, 11) is 0. The van der Waals surface area contributed by atoms with Gasteiger partial charge in [0.15, 0.2) is 11.5 Å². The number of benzene rings is 3. The smallest absolute Gasteiger partial charge is 0.315 e. The predicted molar refractivity (Wildman–Crippen MR) is 227 cm³/mol. The topological polar surface area (TPSA) is 107 Å². The number of fused-ring (bicyclic) bond motifs is 10. The van der Waals surface area contributed by atoms with Crippen molar-refractivity contribution < 1.29 is 19.1 Å². The Morgan fingerprint density at radius 2 is 0.828 bits per heavy atom. The number of ether oxygens (including phenoxy) is 2. The normalized spacial score (nSPS) is 28.4. The summed E-state index contributed by atoms with van der Waals surface area (Å²) < 4.78 is 12.0. The van der Waals surface area contributed by atoms with Crippen molar-refractivity contribution in [3.63, 3.8) is 0 Å². The minimum Gasteiger partial charge on any atom is -0.488 e. The van der Waals surface area contributed by atoms with Gasteiger partial charge in [-0.3, -0.25) is 9.80 Å². The van der Waals surface area contributed by atoms with Crippen LogP contribution in [-0.2, 0) is 0 Å². The van der Waals surface area contributed by atoms with Crippen LogP contribution in [0.3, 0.4) is 0 Å². The average molecular weight is 789 g/mol. The van der Waals surface area contributed by atoms with Gasteiger partial charge in [-0.2, -0.15) is 0 Å². The van der Waals surface area contributed by atoms with E-state index in [0.29, 0.717) is 62.0 Å². The highest BCUT2D eigenvalue weighted by molar-refractivity contribution is 5.74. The van der Waals surface area contributed by atoms with Crippen molar-refractivity contribution in [3.8, 4) is 11.5 Å². The second-order valence-corrected chi connectivity index (χ2v) is 17.9. The van der Waals surface area contributed by atoms with Crippen molar-refractivity contribution in [1.29, 1.82) is 0 Å². The van der Waals surface area contributed by atoms with Crippen LogP contribution in [0.15, 0.2) is 72.8 Å². The van der Waals surface area contributed by atoms with Gasteiger partial charge in [-0.15, -0.1) is 0 Å². The molecule has 0 unspecified atom stereocenters. The molecule has 10 heteroatoms. The molecule has 4 N–H and O–H groups in total. The zero-order chi connectivity index (χ0) is 39.3. The first kappa shape index (κ1) is 39.2. The zero-order valence-electron chi connectivity index (χ0n) is 34.2. The van der Waals surface area contributed by atoms with Gasteiger partial charge in [-0.05, 0) is 149 Å². The number of amides is 4. The highest BCUT2D eigenvalue weighted by Crippen LogP contribution is 2.54. The van der Waals surface area contributed by atoms with Crippen LogP contribution in [0.25, 0.3) is 0 Å². The summed E-state index contributed by atoms with van der Waals surface area (Å²) in [6.07, 6.45) is 16.6. The van der Waals surface area contributed by atoms with Gasteiger partial charge < -0.3 is 30.7 Å². The number of carbonyl (C=O) groups excluding carboxylic acids is 2. The molecule has 3 aromatic carbocycles. The Morgan fingerprint density at radius 1 is 0.483 bits per heavy atom. The molecule has 2 saturated carbocycles. The van der Waals surface area contributed by atoms with Crippen LogP contribution in [0.1, 0.15) is 136 Å². The molecule has 0 radical (unpaired) electrons. The lowest BCUT2D eigenvalue weighted by atomic mass is 9.84. The Bertz CT molecular complexity index is 1660. The molecule has 4 bridgehead atoms. The average Bonchev–Trinajstić information content (AvgIpc) is 4.02. The Labute approximate surface area is 345 Å². The maximum atomic E-state index is 12.7. The van der Waals surface area contributed by atoms with E-state index in [0.717, 1.165) is 37.5 Å². The van der Waals surface area contributed by atoms with Gasteiger partial charge in [-0.1, -0.05) is 60.7 Å². The van der Waals surface area contributed by atoms with Gasteiger partial charge in [0.05, 0.1) is 13.1 Å². The van der Waals surface area contributed by atoms with E-state index in [9.17, 15) is 9.59 Å². The number of hydrogen-bond acceptors (Lipinski definition) is 6. The molecule has 4 fully saturated rings. The summed E-state index contributed by atoms with van der Waals surface area (Å²) in [5.74, 6) is 2.73. The van der Waals surface area contributed by atoms with Gasteiger partial charge in [0, 0.05) is 36.3 Å². The maximum absolute atomic E-state index is 12.7. The Kier molecular flexibility index (Phi) is 12.4. The molecule has 4 heterocycles. The first-order valence-corrected chi connectivity index (χ1v) is 22.7. The SMILES string of the molecule is O=C(NCCOc1ccccc1OCCNC(=O)NC1CCC(CCN2[C@@H]3CC[C@H]2c2ccccc23)CC1)NC1CCC(CCN2[C@@H]3CC[C@H]2c2ccccc23)CC1. The minimum atomic E-state index is -0.129. The summed E-state index contributed by atoms with van der Waals surface area (Å²) >= 11 is 0. The molecule has 2 saturated heterocycles. The third-order valence-corrected chi connectivity index (χ3v) is 14.6. The Morgan fingerprint density at radius 3 is 1.19 bits per heavy atom. The van der Waals surface area contributed by atoms with Gasteiger partial charge >= 0.3 is 12.1 Å². The molecular formula is C48H64N6O4. The largest absolute Gasteiger partial charge is 0.488 e. The number of hydrogen-bond donors (Lipinski definition) is 4. The maximum Gasteiger partial charge on any atom is 0.315 e. The summed E-state index contributed by atoms with van der Waals surface area (Å²) in [6, 6.07) is 28.3. The zero-order valence-corrected chi connectivity index (χ0v) is 34.2. The molecule has 6 aliphatic rings. The van der Waals surface area contributed by atoms with Gasteiger partial charge in [0.2, 0.25) is 0 Å². The summed E-state index contributed by atoms with van der Waals surface area (Å²) in [5, 5.41) is 12.3. The molecule has 4 atom stereocenters. The van der Waals surface area contributed by atoms with Crippen LogP contribution in [0.2, 0.25) is 0 Å². The first-order valence-electron chi connectivity index (χ1n) is 22.7. The summed E-state index contributed by atoms with van der Waals surface area (Å²) in [5.41, 5.74) is 6.26. The van der Waals surface area contributed by atoms with E-state index in [-0.39, 0.29) is 24.1 Å². The quantitative estimate of drug-likeness (QED) is 0.108. The van der Waals surface area contributed by atoms with Crippen LogP contribution >= 0.6 is 0 Å². The van der Waals surface area contributed by atoms with E-state index in [4.69, 9.17) is 9.47 Å². The number of rotatable bonds is 16. The summed E-state index contributed by atoms with van der Waals surface area (Å²) in [6.45, 7) is 3.83. The monoisotopic (exact) mass is 788 g/mol. The van der Waals surface area contributed by atoms with E-state index >= 15 is 0 Å². The van der Waals surface area contributed by atoms with Crippen molar-refractivity contribution in [2.75, 3.05) is 39.4 Å². The molecule has 0 aromatic heterocycles. The standard InChI is InChI=1S/C48H64N6O4/c55-47(51-35-17-13-33(14-18-35)25-29-53-41-21-22-42(53)38-8-2-1-7-37(38)41)49-27-31-57-45-11-5-6-12-46(45)58-32-28-50-48(56)52-36-19-15-34(16-20-36)26-30-54-43-23-24-44(54)40-10-4-3-9-39(40)43/h1-12,33-36,41-44H,13-32H2,(H2,49,51,55)(H2,50,52,56)/t33?,34?,35?,36?,41-,42+,43-,44+. The van der Waals surface area contributed by atoms with Crippen LogP contribution in [0.5, 0.6) is 11.5 Å². The second kappa shape index (κ2) is 18.3. The second-order valence-electron chi connectivity index (χ2n) is 17.9. The predicted octanol–water partition coefficient (Wildman–Crippen LogP) is 8.72. The first-order chi connectivity index (χ1) is 28.6. The number of nitrogens with one attached hydrogen (secondary N) is 4. The fourth-order valence-electron chi connectivity index (χ4n) is 11.6. The van der Waals surface area contributed by atoms with E-state index < -0.39 is 0 Å². The van der Waals surface area contributed by atoms with Crippen LogP contribution < -0.4 is 30.7 Å². The van der Waals surface area contributed by atoms with Crippen LogP contribution in [0, 0.1) is 11.8 Å². The van der Waals surface area contributed by atoms with Crippen LogP contribution in [0.4, 0.5) is 9.59 Å². The molecule has 4 amide bonds. The number of urea groups is 2. The Hall–Kier alpha value is -4.28. The van der Waals surface area contributed by atoms with Crippen molar-refractivity contribution >= 4 is 12.1 Å². The van der Waals surface area contributed by atoms with Crippen molar-refractivity contribution in [3.05, 3.63) is 95.1 Å². The molecule has 0 spiro atoms. The lowest BCUT2D eigenvalue weighted by Gasteiger charge is -2.31. The molecule has 9 rings (SSSR count). The van der Waals surface area contributed by atoms with Crippen LogP contribution in [-0.4, -0.2) is 73.3 Å². The lowest BCUT2D eigenvalue weighted by molar-refractivity contribution is 0.185. The van der Waals surface area contributed by atoms with E-state index in [1.165, 1.54) is 77.3 Å². The van der Waals surface area contributed by atoms with Gasteiger partial charge in [0.1, 0.15) is 13.2 Å². The molecule has 10 nitrogen and oxygen atoms in total. The highest BCUT2D eigenvalue weighted by atomic mass is 16.5. The molecule has 2 aliphatic carbocycles. The van der Waals surface area contributed by atoms with E-state index in [1.807, 2.05) is 24.3 Å². The number of para-hydroxylation sites is 2. The third-order valence-electron chi connectivity index (χ3n) is 14.6. The molecule has 58 heavy (non-hydrogen) atoms. The van der Waals surface area contributed by atoms with E-state index in [2.05, 4.69) is 79.6 Å². The minimum absolute atomic E-state index is 0.129. The molecular weight excluding hydrogens is 725 g/mol. The Balaban J connectivity index is 0.603. The fraction of sp³-hybridized carbons (Fsp3) is 0.583. The van der Waals surface area contributed by atoms with Gasteiger partial charge in [0.25, 0.3) is 0 Å². The third kappa shape index (κ3) is 8.83. The van der Waals surface area contributed by atoms with Gasteiger partial charge in [-0.25, -0.2) is 9.59 Å². The van der Waals surface area contributed by atoms with Crippen molar-refractivity contribution in [2.24, 2.45) is 11.8 Å². The lowest BCUT2D eigenvalue weighted by Crippen LogP contribution is -2.44. The van der Waals surface area contributed by atoms with E-state index in [1.54, 1.807) is 22.3 Å². The van der Waals surface area contributed by atoms with Crippen molar-refractivity contribution in [2.45, 2.75) is 126 Å². The fourth-order valence-corrected chi connectivity index (χ4v) is 11.6. The molecule has 4 aliphatic heterocycles. The molecule has 3 aromatic rings. The number of nitrogens with zero attached hydrogens (tertiary/aromatic N) is 2. The number of carbonyl (C=O) groups is 2. The summed E-state index contributed by atoms with van der Waals surface area (Å²) in [4.78, 5) is 30.9.